The van der Waals surface area contributed by atoms with Crippen molar-refractivity contribution in [2.24, 2.45) is 5.73 Å². The highest BCUT2D eigenvalue weighted by atomic mass is 127. The zero-order valence-electron chi connectivity index (χ0n) is 18.8. The molecule has 0 aliphatic carbocycles. The second-order valence-corrected chi connectivity index (χ2v) is 9.00. The number of rotatable bonds is 7. The van der Waals surface area contributed by atoms with Crippen LogP contribution in [-0.2, 0) is 4.79 Å². The maximum absolute atomic E-state index is 13.5. The summed E-state index contributed by atoms with van der Waals surface area (Å²) in [5, 5.41) is 0. The molecule has 1 aliphatic heterocycles. The van der Waals surface area contributed by atoms with Gasteiger partial charge in [-0.05, 0) is 29.8 Å². The third-order valence-electron chi connectivity index (χ3n) is 5.61. The molecule has 2 N–H and O–H groups in total. The first-order valence-corrected chi connectivity index (χ1v) is 11.6. The van der Waals surface area contributed by atoms with Crippen LogP contribution >= 0.6 is 35.0 Å². The van der Waals surface area contributed by atoms with Crippen LogP contribution in [0.15, 0.2) is 36.4 Å². The van der Waals surface area contributed by atoms with Crippen LogP contribution in [-0.4, -0.2) is 68.1 Å². The predicted molar refractivity (Wildman–Crippen MR) is 135 cm³/mol. The van der Waals surface area contributed by atoms with E-state index in [0.29, 0.717) is 48.8 Å². The number of methoxy groups -OCH3 is 2. The summed E-state index contributed by atoms with van der Waals surface area (Å²) < 4.78 is 37.0. The molecule has 0 saturated carbocycles. The fourth-order valence-corrected chi connectivity index (χ4v) is 4.39. The Labute approximate surface area is 217 Å². The predicted octanol–water partition coefficient (Wildman–Crippen LogP) is 3.58. The van der Waals surface area contributed by atoms with E-state index in [1.54, 1.807) is 28.0 Å². The quantitative estimate of drug-likeness (QED) is 0.383. The molecule has 186 valence electrons. The van der Waals surface area contributed by atoms with E-state index in [9.17, 15) is 18.4 Å². The van der Waals surface area contributed by atoms with Crippen LogP contribution < -0.4 is 15.2 Å². The van der Waals surface area contributed by atoms with E-state index < -0.39 is 17.7 Å². The number of carbonyl (C=O) groups excluding carboxylic acids is 2. The summed E-state index contributed by atoms with van der Waals surface area (Å²) in [6.07, 6.45) is 0.0564. The van der Waals surface area contributed by atoms with E-state index >= 15 is 0 Å². The Morgan fingerprint density at radius 1 is 1.00 bits per heavy atom. The van der Waals surface area contributed by atoms with Crippen molar-refractivity contribution >= 4 is 46.8 Å². The Morgan fingerprint density at radius 3 is 2.09 bits per heavy atom. The lowest BCUT2D eigenvalue weighted by Crippen LogP contribution is -2.51. The van der Waals surface area contributed by atoms with E-state index in [4.69, 9.17) is 15.2 Å². The summed E-state index contributed by atoms with van der Waals surface area (Å²) in [6.45, 7) is 1.45. The summed E-state index contributed by atoms with van der Waals surface area (Å²) in [4.78, 5) is 29.2. The number of amides is 2. The van der Waals surface area contributed by atoms with Crippen LogP contribution in [0.25, 0.3) is 0 Å². The molecular weight excluding hydrogens is 583 g/mol. The normalized spacial score (nSPS) is 15.2. The molecule has 0 aromatic heterocycles. The van der Waals surface area contributed by atoms with E-state index in [0.717, 1.165) is 12.1 Å². The maximum atomic E-state index is 13.5. The SMILES string of the molecule is COc1cccc(OC)c1C(=O)N1CCN(C(=O)C[C@@H](N)C(I)c2ccc(F)c(F)c2)CC1.Cl. The number of alkyl halides is 1. The van der Waals surface area contributed by atoms with Gasteiger partial charge in [0, 0.05) is 38.6 Å². The average molecular weight is 610 g/mol. The topological polar surface area (TPSA) is 85.1 Å². The van der Waals surface area contributed by atoms with Crippen molar-refractivity contribution < 1.29 is 27.8 Å². The van der Waals surface area contributed by atoms with Crippen molar-refractivity contribution in [1.82, 2.24) is 9.80 Å². The zero-order chi connectivity index (χ0) is 24.1. The van der Waals surface area contributed by atoms with E-state index in [-0.39, 0.29) is 34.6 Å². The van der Waals surface area contributed by atoms with Gasteiger partial charge in [0.25, 0.3) is 5.91 Å². The number of hydrogen-bond acceptors (Lipinski definition) is 5. The lowest BCUT2D eigenvalue weighted by atomic mass is 10.0. The molecule has 2 aromatic rings. The molecule has 0 bridgehead atoms. The minimum absolute atomic E-state index is 0. The Hall–Kier alpha value is -2.18. The third-order valence-corrected chi connectivity index (χ3v) is 7.25. The molecular formula is C23H27ClF2IN3O4. The van der Waals surface area contributed by atoms with Gasteiger partial charge in [0.2, 0.25) is 5.91 Å². The lowest BCUT2D eigenvalue weighted by molar-refractivity contribution is -0.133. The summed E-state index contributed by atoms with van der Waals surface area (Å²) in [7, 11) is 2.98. The van der Waals surface area contributed by atoms with Crippen molar-refractivity contribution in [2.45, 2.75) is 16.4 Å². The molecule has 1 saturated heterocycles. The van der Waals surface area contributed by atoms with Gasteiger partial charge < -0.3 is 25.0 Å². The average Bonchev–Trinajstić information content (AvgIpc) is 2.84. The van der Waals surface area contributed by atoms with Gasteiger partial charge in [0.15, 0.2) is 11.6 Å². The number of nitrogens with zero attached hydrogens (tertiary/aromatic N) is 2. The van der Waals surface area contributed by atoms with Crippen molar-refractivity contribution in [3.8, 4) is 11.5 Å². The first kappa shape index (κ1) is 28.1. The van der Waals surface area contributed by atoms with Crippen LogP contribution in [0.5, 0.6) is 11.5 Å². The lowest BCUT2D eigenvalue weighted by Gasteiger charge is -2.36. The summed E-state index contributed by atoms with van der Waals surface area (Å²) in [6, 6.07) is 8.20. The fraction of sp³-hybridized carbons (Fsp3) is 0.391. The van der Waals surface area contributed by atoms with Crippen molar-refractivity contribution in [2.75, 3.05) is 40.4 Å². The maximum Gasteiger partial charge on any atom is 0.261 e. The van der Waals surface area contributed by atoms with Crippen molar-refractivity contribution in [3.63, 3.8) is 0 Å². The number of ether oxygens (including phenoxy) is 2. The molecule has 1 fully saturated rings. The van der Waals surface area contributed by atoms with Gasteiger partial charge in [0.05, 0.1) is 18.1 Å². The van der Waals surface area contributed by atoms with Gasteiger partial charge in [-0.25, -0.2) is 8.78 Å². The van der Waals surface area contributed by atoms with Gasteiger partial charge in [-0.2, -0.15) is 0 Å². The molecule has 7 nitrogen and oxygen atoms in total. The smallest absolute Gasteiger partial charge is 0.261 e. The van der Waals surface area contributed by atoms with Crippen molar-refractivity contribution in [3.05, 3.63) is 59.2 Å². The zero-order valence-corrected chi connectivity index (χ0v) is 21.8. The van der Waals surface area contributed by atoms with E-state index in [1.807, 2.05) is 22.6 Å². The van der Waals surface area contributed by atoms with Gasteiger partial charge >= 0.3 is 0 Å². The van der Waals surface area contributed by atoms with E-state index in [2.05, 4.69) is 0 Å². The number of halogens is 4. The molecule has 0 spiro atoms. The number of carbonyl (C=O) groups is 2. The van der Waals surface area contributed by atoms with Gasteiger partial charge in [0.1, 0.15) is 17.1 Å². The highest BCUT2D eigenvalue weighted by Gasteiger charge is 2.30. The van der Waals surface area contributed by atoms with Crippen LogP contribution in [0.3, 0.4) is 0 Å². The number of benzene rings is 2. The highest BCUT2D eigenvalue weighted by molar-refractivity contribution is 14.1. The Balaban J connectivity index is 0.00000408. The second kappa shape index (κ2) is 12.5. The second-order valence-electron chi connectivity index (χ2n) is 7.65. The molecule has 1 unspecified atom stereocenters. The minimum atomic E-state index is -0.944. The summed E-state index contributed by atoms with van der Waals surface area (Å²) in [5.74, 6) is -1.39. The Kier molecular flexibility index (Phi) is 10.3. The minimum Gasteiger partial charge on any atom is -0.496 e. The first-order chi connectivity index (χ1) is 15.8. The molecule has 3 rings (SSSR count). The Morgan fingerprint density at radius 2 is 1.56 bits per heavy atom. The van der Waals surface area contributed by atoms with Crippen LogP contribution in [0.4, 0.5) is 8.78 Å². The van der Waals surface area contributed by atoms with Crippen LogP contribution in [0, 0.1) is 11.6 Å². The molecule has 1 aliphatic rings. The van der Waals surface area contributed by atoms with E-state index in [1.165, 1.54) is 20.3 Å². The first-order valence-electron chi connectivity index (χ1n) is 10.4. The number of hydrogen-bond donors (Lipinski definition) is 1. The number of piperazine rings is 1. The molecule has 2 amide bonds. The monoisotopic (exact) mass is 609 g/mol. The van der Waals surface area contributed by atoms with Crippen LogP contribution in [0.2, 0.25) is 0 Å². The molecule has 0 radical (unpaired) electrons. The molecule has 34 heavy (non-hydrogen) atoms. The standard InChI is InChI=1S/C23H26F2IN3O4.ClH/c1-32-18-4-3-5-19(33-2)21(18)23(31)29-10-8-28(9-11-29)20(30)13-17(27)22(26)14-6-7-15(24)16(25)12-14;/h3-7,12,17,22H,8-11,13,27H2,1-2H3;1H/t17-,22?;/m1./s1. The molecule has 11 heteroatoms. The molecule has 2 atom stereocenters. The van der Waals surface area contributed by atoms with Gasteiger partial charge in [-0.1, -0.05) is 34.7 Å². The largest absolute Gasteiger partial charge is 0.496 e. The fourth-order valence-electron chi connectivity index (χ4n) is 3.74. The molecule has 2 aromatic carbocycles. The van der Waals surface area contributed by atoms with Gasteiger partial charge in [-0.15, -0.1) is 12.4 Å². The van der Waals surface area contributed by atoms with Crippen LogP contribution in [0.1, 0.15) is 26.3 Å². The molecule has 1 heterocycles. The summed E-state index contributed by atoms with van der Waals surface area (Å²) >= 11 is 2.04. The Bertz CT molecular complexity index is 999. The summed E-state index contributed by atoms with van der Waals surface area (Å²) in [5.41, 5.74) is 7.07. The third kappa shape index (κ3) is 6.28. The highest BCUT2D eigenvalue weighted by Crippen LogP contribution is 2.31. The van der Waals surface area contributed by atoms with Gasteiger partial charge in [-0.3, -0.25) is 9.59 Å². The number of nitrogens with two attached hydrogens (primary N) is 1. The van der Waals surface area contributed by atoms with Crippen molar-refractivity contribution in [1.29, 1.82) is 0 Å².